The number of rotatable bonds is 5. The minimum absolute atomic E-state index is 0.125. The average molecular weight is 326 g/mol. The van der Waals surface area contributed by atoms with E-state index in [4.69, 9.17) is 9.26 Å². The molecule has 0 saturated heterocycles. The normalized spacial score (nSPS) is 11.5. The van der Waals surface area contributed by atoms with Crippen molar-refractivity contribution in [2.75, 3.05) is 7.11 Å². The summed E-state index contributed by atoms with van der Waals surface area (Å²) in [5.41, 5.74) is 0.318. The van der Waals surface area contributed by atoms with Crippen molar-refractivity contribution in [3.63, 3.8) is 0 Å². The van der Waals surface area contributed by atoms with Crippen molar-refractivity contribution in [3.8, 4) is 11.4 Å². The maximum absolute atomic E-state index is 12.3. The minimum Gasteiger partial charge on any atom is -0.854 e. The summed E-state index contributed by atoms with van der Waals surface area (Å²) in [6.45, 7) is 0.125. The van der Waals surface area contributed by atoms with E-state index in [9.17, 15) is 9.90 Å². The number of H-pyrrole nitrogens is 1. The number of nitrogens with zero attached hydrogens (tertiary/aromatic N) is 3. The number of pyridine rings is 1. The average Bonchev–Trinajstić information content (AvgIpc) is 3.02. The molecule has 0 unspecified atom stereocenters. The predicted octanol–water partition coefficient (Wildman–Crippen LogP) is -0.0447. The molecule has 0 radical (unpaired) electrons. The molecule has 3 aromatic rings. The highest BCUT2D eigenvalue weighted by atomic mass is 16.5. The second kappa shape index (κ2) is 6.78. The fourth-order valence-corrected chi connectivity index (χ4v) is 2.10. The molecule has 0 saturated carbocycles. The number of hydrogen-bond acceptors (Lipinski definition) is 6. The van der Waals surface area contributed by atoms with Crippen molar-refractivity contribution >= 4 is 5.90 Å². The Kier molecular flexibility index (Phi) is 4.37. The largest absolute Gasteiger partial charge is 0.854 e. The lowest BCUT2D eigenvalue weighted by Crippen LogP contribution is -2.44. The Labute approximate surface area is 136 Å². The summed E-state index contributed by atoms with van der Waals surface area (Å²) in [5, 5.41) is 14.7. The van der Waals surface area contributed by atoms with E-state index < -0.39 is 11.5 Å². The molecule has 2 heterocycles. The maximum Gasteiger partial charge on any atom is 0.436 e. The molecule has 0 atom stereocenters. The van der Waals surface area contributed by atoms with E-state index in [0.717, 1.165) is 5.56 Å². The molecule has 2 aromatic heterocycles. The highest BCUT2D eigenvalue weighted by molar-refractivity contribution is 5.86. The number of aliphatic imine (C=N–C) groups is 1. The van der Waals surface area contributed by atoms with Gasteiger partial charge in [0.05, 0.1) is 19.6 Å². The van der Waals surface area contributed by atoms with Gasteiger partial charge in [-0.15, -0.1) is 0 Å². The number of ether oxygens (including phenoxy) is 1. The summed E-state index contributed by atoms with van der Waals surface area (Å²) < 4.78 is 11.1. The molecule has 1 aromatic carbocycles. The van der Waals surface area contributed by atoms with Gasteiger partial charge in [0.2, 0.25) is 5.69 Å². The van der Waals surface area contributed by atoms with Crippen molar-refractivity contribution in [2.24, 2.45) is 4.99 Å². The van der Waals surface area contributed by atoms with Gasteiger partial charge < -0.3 is 9.84 Å². The molecule has 1 N–H and O–H groups in total. The first kappa shape index (κ1) is 15.5. The van der Waals surface area contributed by atoms with Crippen LogP contribution in [-0.4, -0.2) is 23.3 Å². The number of benzene rings is 1. The van der Waals surface area contributed by atoms with Gasteiger partial charge >= 0.3 is 11.3 Å². The van der Waals surface area contributed by atoms with Gasteiger partial charge in [-0.05, 0) is 33.7 Å². The summed E-state index contributed by atoms with van der Waals surface area (Å²) in [7, 11) is 1.55. The Morgan fingerprint density at radius 2 is 2.17 bits per heavy atom. The van der Waals surface area contributed by atoms with Crippen LogP contribution >= 0.6 is 0 Å². The SMILES string of the molecule is COc1ccc(-[n+]2[nH]oc(=O)c2C([O-])=NCc2cccnc2)cc1. The van der Waals surface area contributed by atoms with Crippen molar-refractivity contribution in [1.29, 1.82) is 0 Å². The molecule has 8 nitrogen and oxygen atoms in total. The van der Waals surface area contributed by atoms with Gasteiger partial charge in [0.25, 0.3) is 0 Å². The fraction of sp³-hybridized carbons (Fsp3) is 0.125. The van der Waals surface area contributed by atoms with Gasteiger partial charge in [-0.25, -0.2) is 4.79 Å². The van der Waals surface area contributed by atoms with Crippen LogP contribution in [0, 0.1) is 0 Å². The first-order valence-electron chi connectivity index (χ1n) is 7.07. The quantitative estimate of drug-likeness (QED) is 0.402. The smallest absolute Gasteiger partial charge is 0.436 e. The van der Waals surface area contributed by atoms with E-state index in [1.54, 1.807) is 55.9 Å². The highest BCUT2D eigenvalue weighted by Crippen LogP contribution is 2.11. The van der Waals surface area contributed by atoms with Crippen molar-refractivity contribution < 1.29 is 19.0 Å². The van der Waals surface area contributed by atoms with E-state index in [0.29, 0.717) is 11.4 Å². The Bertz CT molecular complexity index is 898. The number of aromatic nitrogens is 3. The lowest BCUT2D eigenvalue weighted by molar-refractivity contribution is -0.673. The van der Waals surface area contributed by atoms with Gasteiger partial charge in [-0.2, -0.15) is 0 Å². The van der Waals surface area contributed by atoms with Gasteiger partial charge in [0.15, 0.2) is 0 Å². The lowest BCUT2D eigenvalue weighted by atomic mass is 10.3. The van der Waals surface area contributed by atoms with Crippen molar-refractivity contribution in [2.45, 2.75) is 6.54 Å². The summed E-state index contributed by atoms with van der Waals surface area (Å²) in [6, 6.07) is 10.3. The molecule has 0 aliphatic carbocycles. The fourth-order valence-electron chi connectivity index (χ4n) is 2.10. The van der Waals surface area contributed by atoms with Gasteiger partial charge in [0, 0.05) is 24.5 Å². The summed E-state index contributed by atoms with van der Waals surface area (Å²) in [6.07, 6.45) is 3.23. The van der Waals surface area contributed by atoms with Crippen LogP contribution in [0.3, 0.4) is 0 Å². The van der Waals surface area contributed by atoms with E-state index in [1.165, 1.54) is 4.68 Å². The van der Waals surface area contributed by atoms with Crippen molar-refractivity contribution in [1.82, 2.24) is 10.3 Å². The highest BCUT2D eigenvalue weighted by Gasteiger charge is 2.23. The number of methoxy groups -OCH3 is 1. The molecule has 0 aliphatic heterocycles. The summed E-state index contributed by atoms with van der Waals surface area (Å²) >= 11 is 0. The molecular weight excluding hydrogens is 312 g/mol. The number of nitrogens with one attached hydrogen (secondary N) is 1. The Balaban J connectivity index is 1.93. The molecular formula is C16H14N4O4. The maximum atomic E-state index is 12.3. The monoisotopic (exact) mass is 326 g/mol. The van der Waals surface area contributed by atoms with E-state index in [2.05, 4.69) is 15.2 Å². The van der Waals surface area contributed by atoms with Crippen LogP contribution in [-0.2, 0) is 6.54 Å². The zero-order chi connectivity index (χ0) is 16.9. The van der Waals surface area contributed by atoms with Crippen LogP contribution < -0.4 is 20.2 Å². The molecule has 0 aliphatic rings. The van der Waals surface area contributed by atoms with Crippen LogP contribution in [0.15, 0.2) is 63.1 Å². The summed E-state index contributed by atoms with van der Waals surface area (Å²) in [5.74, 6) is -0.0241. The van der Waals surface area contributed by atoms with Crippen molar-refractivity contribution in [3.05, 3.63) is 70.5 Å². The third-order valence-corrected chi connectivity index (χ3v) is 3.31. The second-order valence-electron chi connectivity index (χ2n) is 4.85. The van der Waals surface area contributed by atoms with Gasteiger partial charge in [-0.3, -0.25) is 14.5 Å². The van der Waals surface area contributed by atoms with Crippen LogP contribution in [0.25, 0.3) is 5.69 Å². The third kappa shape index (κ3) is 3.17. The third-order valence-electron chi connectivity index (χ3n) is 3.31. The number of hydrogen-bond donors (Lipinski definition) is 1. The zero-order valence-electron chi connectivity index (χ0n) is 12.8. The van der Waals surface area contributed by atoms with Crippen LogP contribution in [0.1, 0.15) is 11.3 Å². The first-order valence-corrected chi connectivity index (χ1v) is 7.07. The topological polar surface area (TPSA) is 107 Å². The van der Waals surface area contributed by atoms with Gasteiger partial charge in [0.1, 0.15) is 5.75 Å². The molecule has 0 fully saturated rings. The molecule has 0 bridgehead atoms. The first-order chi connectivity index (χ1) is 11.7. The second-order valence-corrected chi connectivity index (χ2v) is 4.85. The number of aromatic amines is 1. The zero-order valence-corrected chi connectivity index (χ0v) is 12.8. The van der Waals surface area contributed by atoms with E-state index >= 15 is 0 Å². The van der Waals surface area contributed by atoms with Gasteiger partial charge in [-0.1, -0.05) is 6.07 Å². The Morgan fingerprint density at radius 1 is 1.38 bits per heavy atom. The predicted molar refractivity (Wildman–Crippen MR) is 81.9 cm³/mol. The lowest BCUT2D eigenvalue weighted by Gasteiger charge is -2.04. The molecule has 8 heteroatoms. The molecule has 3 rings (SSSR count). The van der Waals surface area contributed by atoms with Crippen LogP contribution in [0.4, 0.5) is 0 Å². The Morgan fingerprint density at radius 3 is 2.83 bits per heavy atom. The molecule has 122 valence electrons. The molecule has 0 spiro atoms. The molecule has 0 amide bonds. The van der Waals surface area contributed by atoms with E-state index in [-0.39, 0.29) is 12.2 Å². The van der Waals surface area contributed by atoms with Crippen LogP contribution in [0.2, 0.25) is 0 Å². The summed E-state index contributed by atoms with van der Waals surface area (Å²) in [4.78, 5) is 19.7. The van der Waals surface area contributed by atoms with E-state index in [1.807, 2.05) is 0 Å². The Hall–Kier alpha value is -3.42. The van der Waals surface area contributed by atoms with Crippen LogP contribution in [0.5, 0.6) is 5.75 Å². The minimum atomic E-state index is -0.786. The molecule has 24 heavy (non-hydrogen) atoms. The standard InChI is InChI=1S/C16H14N4O4/c1-23-13-6-4-12(5-7-13)20-14(16(22)24-19-20)15(21)18-10-11-3-2-8-17-9-11/h2-9H,10H2,1H3,(H-,18,19,21,22).